The van der Waals surface area contributed by atoms with Crippen LogP contribution in [0.4, 0.5) is 0 Å². The summed E-state index contributed by atoms with van der Waals surface area (Å²) in [6.45, 7) is 4.81. The first-order valence-corrected chi connectivity index (χ1v) is 6.14. The quantitative estimate of drug-likeness (QED) is 0.872. The maximum Gasteiger partial charge on any atom is 0.336 e. The lowest BCUT2D eigenvalue weighted by Crippen LogP contribution is -2.34. The molecule has 1 aliphatic heterocycles. The zero-order valence-electron chi connectivity index (χ0n) is 10.6. The number of amides is 1. The largest absolute Gasteiger partial charge is 0.478 e. The van der Waals surface area contributed by atoms with E-state index in [1.165, 1.54) is 6.07 Å². The van der Waals surface area contributed by atoms with Crippen molar-refractivity contribution in [3.05, 3.63) is 35.4 Å². The average Bonchev–Trinajstić information content (AvgIpc) is 2.67. The molecule has 0 aliphatic carbocycles. The number of nitrogens with zero attached hydrogens (tertiary/aromatic N) is 1. The van der Waals surface area contributed by atoms with E-state index in [-0.39, 0.29) is 23.1 Å². The Labute approximate surface area is 106 Å². The third-order valence-corrected chi connectivity index (χ3v) is 3.43. The molecular formula is C14H17NO3. The summed E-state index contributed by atoms with van der Waals surface area (Å²) in [5.74, 6) is -0.760. The van der Waals surface area contributed by atoms with Crippen molar-refractivity contribution >= 4 is 11.9 Å². The number of benzene rings is 1. The summed E-state index contributed by atoms with van der Waals surface area (Å²) in [6.07, 6.45) is 0.973. The molecular weight excluding hydrogens is 230 g/mol. The van der Waals surface area contributed by atoms with Gasteiger partial charge >= 0.3 is 5.97 Å². The Morgan fingerprint density at radius 3 is 2.33 bits per heavy atom. The van der Waals surface area contributed by atoms with E-state index >= 15 is 0 Å². The van der Waals surface area contributed by atoms with E-state index in [0.717, 1.165) is 6.42 Å². The highest BCUT2D eigenvalue weighted by Crippen LogP contribution is 2.25. The van der Waals surface area contributed by atoms with E-state index in [1.54, 1.807) is 23.1 Å². The molecule has 0 radical (unpaired) electrons. The van der Waals surface area contributed by atoms with Gasteiger partial charge in [-0.05, 0) is 31.4 Å². The lowest BCUT2D eigenvalue weighted by Gasteiger charge is -2.22. The molecule has 0 saturated carbocycles. The fraction of sp³-hybridized carbons (Fsp3) is 0.429. The third-order valence-electron chi connectivity index (χ3n) is 3.43. The highest BCUT2D eigenvalue weighted by atomic mass is 16.4. The maximum atomic E-state index is 12.4. The van der Waals surface area contributed by atoms with Crippen LogP contribution in [0.15, 0.2) is 24.3 Å². The summed E-state index contributed by atoms with van der Waals surface area (Å²) in [7, 11) is 0. The second-order valence-electron chi connectivity index (χ2n) is 5.00. The number of carboxylic acids is 1. The van der Waals surface area contributed by atoms with Crippen molar-refractivity contribution in [1.29, 1.82) is 0 Å². The van der Waals surface area contributed by atoms with Gasteiger partial charge in [0.05, 0.1) is 11.1 Å². The molecule has 1 aromatic rings. The molecule has 0 aromatic heterocycles. The molecule has 18 heavy (non-hydrogen) atoms. The molecule has 1 aromatic carbocycles. The smallest absolute Gasteiger partial charge is 0.336 e. The van der Waals surface area contributed by atoms with Crippen LogP contribution in [-0.4, -0.2) is 34.5 Å². The van der Waals surface area contributed by atoms with Gasteiger partial charge in [0.25, 0.3) is 5.91 Å². The molecule has 96 valence electrons. The van der Waals surface area contributed by atoms with Crippen LogP contribution >= 0.6 is 0 Å². The van der Waals surface area contributed by atoms with Gasteiger partial charge < -0.3 is 10.0 Å². The monoisotopic (exact) mass is 247 g/mol. The SMILES string of the molecule is CC1CC(C)N(C(=O)c2ccccc2C(=O)O)C1. The highest BCUT2D eigenvalue weighted by Gasteiger charge is 2.31. The molecule has 2 atom stereocenters. The first-order chi connectivity index (χ1) is 8.50. The second-order valence-corrected chi connectivity index (χ2v) is 5.00. The molecule has 1 heterocycles. The van der Waals surface area contributed by atoms with Crippen molar-refractivity contribution in [3.8, 4) is 0 Å². The van der Waals surface area contributed by atoms with Gasteiger partial charge in [-0.25, -0.2) is 4.79 Å². The van der Waals surface area contributed by atoms with Crippen LogP contribution in [0.3, 0.4) is 0 Å². The first kappa shape index (κ1) is 12.6. The molecule has 1 saturated heterocycles. The first-order valence-electron chi connectivity index (χ1n) is 6.14. The van der Waals surface area contributed by atoms with E-state index in [4.69, 9.17) is 5.11 Å². The van der Waals surface area contributed by atoms with Crippen molar-refractivity contribution in [2.24, 2.45) is 5.92 Å². The van der Waals surface area contributed by atoms with E-state index in [9.17, 15) is 9.59 Å². The Morgan fingerprint density at radius 2 is 1.83 bits per heavy atom. The van der Waals surface area contributed by atoms with Crippen molar-refractivity contribution in [1.82, 2.24) is 4.90 Å². The molecule has 1 N–H and O–H groups in total. The summed E-state index contributed by atoms with van der Waals surface area (Å²) in [6, 6.07) is 6.57. The van der Waals surface area contributed by atoms with Crippen LogP contribution in [-0.2, 0) is 0 Å². The minimum absolute atomic E-state index is 0.0780. The number of rotatable bonds is 2. The van der Waals surface area contributed by atoms with Crippen molar-refractivity contribution in [2.75, 3.05) is 6.54 Å². The van der Waals surface area contributed by atoms with Crippen LogP contribution in [0.25, 0.3) is 0 Å². The highest BCUT2D eigenvalue weighted by molar-refractivity contribution is 6.04. The number of carbonyl (C=O) groups excluding carboxylic acids is 1. The lowest BCUT2D eigenvalue weighted by atomic mass is 10.1. The van der Waals surface area contributed by atoms with Crippen molar-refractivity contribution in [2.45, 2.75) is 26.3 Å². The van der Waals surface area contributed by atoms with Gasteiger partial charge in [-0.3, -0.25) is 4.79 Å². The van der Waals surface area contributed by atoms with Crippen LogP contribution in [0.1, 0.15) is 41.0 Å². The Balaban J connectivity index is 2.32. The number of carboxylic acid groups (broad SMARTS) is 1. The van der Waals surface area contributed by atoms with Crippen LogP contribution in [0.5, 0.6) is 0 Å². The Hall–Kier alpha value is -1.84. The normalized spacial score (nSPS) is 23.1. The van der Waals surface area contributed by atoms with Crippen LogP contribution < -0.4 is 0 Å². The van der Waals surface area contributed by atoms with E-state index in [2.05, 4.69) is 6.92 Å². The fourth-order valence-corrected chi connectivity index (χ4v) is 2.59. The standard InChI is InChI=1S/C14H17NO3/c1-9-7-10(2)15(8-9)13(16)11-5-3-4-6-12(11)14(17)18/h3-6,9-10H,7-8H2,1-2H3,(H,17,18). The van der Waals surface area contributed by atoms with E-state index in [0.29, 0.717) is 12.5 Å². The van der Waals surface area contributed by atoms with Crippen LogP contribution in [0.2, 0.25) is 0 Å². The molecule has 4 heteroatoms. The average molecular weight is 247 g/mol. The van der Waals surface area contributed by atoms with Gasteiger partial charge in [0.15, 0.2) is 0 Å². The number of hydrogen-bond donors (Lipinski definition) is 1. The Kier molecular flexibility index (Phi) is 3.36. The molecule has 1 fully saturated rings. The van der Waals surface area contributed by atoms with Gasteiger partial charge in [-0.15, -0.1) is 0 Å². The molecule has 1 amide bonds. The van der Waals surface area contributed by atoms with Gasteiger partial charge in [0.1, 0.15) is 0 Å². The number of likely N-dealkylation sites (tertiary alicyclic amines) is 1. The maximum absolute atomic E-state index is 12.4. The zero-order chi connectivity index (χ0) is 13.3. The van der Waals surface area contributed by atoms with E-state index < -0.39 is 5.97 Å². The predicted molar refractivity (Wildman–Crippen MR) is 67.7 cm³/mol. The summed E-state index contributed by atoms with van der Waals surface area (Å²) in [4.78, 5) is 25.3. The van der Waals surface area contributed by atoms with Gasteiger partial charge in [0.2, 0.25) is 0 Å². The molecule has 0 spiro atoms. The predicted octanol–water partition coefficient (Wildman–Crippen LogP) is 2.26. The Morgan fingerprint density at radius 1 is 1.22 bits per heavy atom. The van der Waals surface area contributed by atoms with Crippen LogP contribution in [0, 0.1) is 5.92 Å². The molecule has 2 rings (SSSR count). The third kappa shape index (κ3) is 2.23. The lowest BCUT2D eigenvalue weighted by molar-refractivity contribution is 0.0672. The van der Waals surface area contributed by atoms with Gasteiger partial charge in [-0.2, -0.15) is 0 Å². The summed E-state index contributed by atoms with van der Waals surface area (Å²) < 4.78 is 0. The van der Waals surface area contributed by atoms with Gasteiger partial charge in [-0.1, -0.05) is 19.1 Å². The Bertz CT molecular complexity index is 484. The summed E-state index contributed by atoms with van der Waals surface area (Å²) >= 11 is 0. The topological polar surface area (TPSA) is 57.6 Å². The minimum Gasteiger partial charge on any atom is -0.478 e. The molecule has 2 unspecified atom stereocenters. The number of aromatic carboxylic acids is 1. The molecule has 4 nitrogen and oxygen atoms in total. The fourth-order valence-electron chi connectivity index (χ4n) is 2.59. The number of carbonyl (C=O) groups is 2. The number of hydrogen-bond acceptors (Lipinski definition) is 2. The molecule has 1 aliphatic rings. The van der Waals surface area contributed by atoms with Gasteiger partial charge in [0, 0.05) is 12.6 Å². The zero-order valence-corrected chi connectivity index (χ0v) is 10.6. The summed E-state index contributed by atoms with van der Waals surface area (Å²) in [5, 5.41) is 9.10. The van der Waals surface area contributed by atoms with E-state index in [1.807, 2.05) is 6.92 Å². The minimum atomic E-state index is -1.06. The second kappa shape index (κ2) is 4.80. The summed E-state index contributed by atoms with van der Waals surface area (Å²) in [5.41, 5.74) is 0.361. The molecule has 0 bridgehead atoms. The van der Waals surface area contributed by atoms with Crippen molar-refractivity contribution < 1.29 is 14.7 Å². The van der Waals surface area contributed by atoms with Crippen molar-refractivity contribution in [3.63, 3.8) is 0 Å².